The third-order valence-corrected chi connectivity index (χ3v) is 12.2. The van der Waals surface area contributed by atoms with Gasteiger partial charge in [-0.2, -0.15) is 0 Å². The number of methoxy groups -OCH3 is 1. The van der Waals surface area contributed by atoms with E-state index in [2.05, 4.69) is 27.8 Å². The van der Waals surface area contributed by atoms with Crippen molar-refractivity contribution in [2.24, 2.45) is 11.8 Å². The van der Waals surface area contributed by atoms with Crippen LogP contribution >= 0.6 is 11.6 Å². The summed E-state index contributed by atoms with van der Waals surface area (Å²) in [5.74, 6) is 0.723. The first-order valence-corrected chi connectivity index (χ1v) is 17.8. The second kappa shape index (κ2) is 12.7. The third-order valence-electron chi connectivity index (χ3n) is 10.2. The highest BCUT2D eigenvalue weighted by Gasteiger charge is 2.44. The second-order valence-corrected chi connectivity index (χ2v) is 15.6. The molecule has 1 spiro atoms. The number of hydrogen-bond donors (Lipinski definition) is 2. The molecule has 1 amide bonds. The second-order valence-electron chi connectivity index (χ2n) is 13.2. The molecule has 4 aliphatic rings. The van der Waals surface area contributed by atoms with Crippen LogP contribution in [-0.4, -0.2) is 63.7 Å². The van der Waals surface area contributed by atoms with Crippen molar-refractivity contribution in [3.05, 3.63) is 70.3 Å². The van der Waals surface area contributed by atoms with E-state index in [1.807, 2.05) is 12.1 Å². The maximum absolute atomic E-state index is 13.5. The van der Waals surface area contributed by atoms with E-state index in [0.717, 1.165) is 49.4 Å². The van der Waals surface area contributed by atoms with E-state index in [1.165, 1.54) is 11.1 Å². The Kier molecular flexibility index (Phi) is 9.03. The molecule has 0 radical (unpaired) electrons. The van der Waals surface area contributed by atoms with E-state index >= 15 is 0 Å². The van der Waals surface area contributed by atoms with Gasteiger partial charge in [-0.05, 0) is 112 Å². The minimum atomic E-state index is -4.05. The van der Waals surface area contributed by atoms with Crippen LogP contribution in [0.4, 0.5) is 5.69 Å². The molecular formula is C34H43ClN2O6S. The molecule has 8 nitrogen and oxygen atoms in total. The first-order valence-electron chi connectivity index (χ1n) is 15.8. The number of carbonyl (C=O) groups excluding carboxylic acids is 1. The number of aliphatic hydroxyl groups excluding tert-OH is 1. The van der Waals surface area contributed by atoms with Crippen LogP contribution in [0, 0.1) is 11.8 Å². The fraction of sp³-hybridized carbons (Fsp3) is 0.559. The van der Waals surface area contributed by atoms with E-state index < -0.39 is 27.3 Å². The Labute approximate surface area is 265 Å². The number of amides is 1. The standard InChI is InChI=1S/C34H43ClN2O6S/c1-22(38)16-27-7-3-4-8-31(42-2)28-12-9-25(28)19-37-20-34(15-5-6-23-17-26(35)11-13-29(23)34)21-43-32-14-10-24(18-30(32)37)33(39)36-44(27,40)41/h4,8,10-11,13-14,17-18,22,25,27-28,31,38H,3,5-7,9,12,15-16,19-21H2,1-2H3,(H,36,39)/b8-4+/t22-,25+,27+,28-,31+,34+/m1/s1. The van der Waals surface area contributed by atoms with E-state index in [0.29, 0.717) is 37.2 Å². The Balaban J connectivity index is 1.41. The van der Waals surface area contributed by atoms with Gasteiger partial charge < -0.3 is 19.5 Å². The van der Waals surface area contributed by atoms with Gasteiger partial charge in [-0.25, -0.2) is 13.1 Å². The number of nitrogens with zero attached hydrogens (tertiary/aromatic N) is 1. The molecule has 2 aromatic carbocycles. The lowest BCUT2D eigenvalue weighted by Gasteiger charge is -2.46. The fourth-order valence-electron chi connectivity index (χ4n) is 7.75. The Morgan fingerprint density at radius 3 is 2.80 bits per heavy atom. The molecule has 1 saturated carbocycles. The van der Waals surface area contributed by atoms with Gasteiger partial charge in [-0.15, -0.1) is 0 Å². The van der Waals surface area contributed by atoms with Crippen molar-refractivity contribution in [3.8, 4) is 5.75 Å². The van der Waals surface area contributed by atoms with Crippen molar-refractivity contribution in [2.75, 3.05) is 31.7 Å². The molecule has 1 fully saturated rings. The zero-order valence-corrected chi connectivity index (χ0v) is 27.1. The summed E-state index contributed by atoms with van der Waals surface area (Å²) >= 11 is 6.41. The van der Waals surface area contributed by atoms with Crippen molar-refractivity contribution in [1.29, 1.82) is 0 Å². The van der Waals surface area contributed by atoms with Gasteiger partial charge in [-0.3, -0.25) is 4.79 Å². The Morgan fingerprint density at radius 1 is 1.20 bits per heavy atom. The Hall–Kier alpha value is -2.59. The van der Waals surface area contributed by atoms with Gasteiger partial charge in [0, 0.05) is 36.2 Å². The number of hydrogen-bond acceptors (Lipinski definition) is 7. The highest BCUT2D eigenvalue weighted by molar-refractivity contribution is 7.90. The summed E-state index contributed by atoms with van der Waals surface area (Å²) in [6, 6.07) is 11.4. The largest absolute Gasteiger partial charge is 0.490 e. The lowest BCUT2D eigenvalue weighted by Crippen LogP contribution is -2.49. The van der Waals surface area contributed by atoms with Crippen LogP contribution in [0.3, 0.4) is 0 Å². The molecule has 6 atom stereocenters. The number of halogens is 1. The van der Waals surface area contributed by atoms with Gasteiger partial charge in [-0.1, -0.05) is 29.8 Å². The topological polar surface area (TPSA) is 105 Å². The van der Waals surface area contributed by atoms with Gasteiger partial charge in [0.05, 0.1) is 29.8 Å². The number of benzene rings is 2. The lowest BCUT2D eigenvalue weighted by atomic mass is 9.68. The first kappa shape index (κ1) is 31.4. The molecule has 10 heteroatoms. The SMILES string of the molecule is CO[C@H]1/C=C/CC[C@@H](C[C@@H](C)O)S(=O)(=O)NC(=O)c2ccc3c(c2)N(C[C@@H]2CC[C@H]21)C[C@@]1(CCCc2cc(Cl)ccc21)CO3. The molecular weight excluding hydrogens is 600 g/mol. The van der Waals surface area contributed by atoms with Gasteiger partial charge in [0.15, 0.2) is 0 Å². The van der Waals surface area contributed by atoms with Gasteiger partial charge >= 0.3 is 0 Å². The highest BCUT2D eigenvalue weighted by atomic mass is 35.5. The number of carbonyl (C=O) groups is 1. The number of anilines is 1. The minimum Gasteiger partial charge on any atom is -0.490 e. The normalized spacial score (nSPS) is 31.4. The zero-order valence-electron chi connectivity index (χ0n) is 25.5. The van der Waals surface area contributed by atoms with Crippen LogP contribution in [0.2, 0.25) is 5.02 Å². The lowest BCUT2D eigenvalue weighted by molar-refractivity contribution is 0.0131. The van der Waals surface area contributed by atoms with Crippen LogP contribution in [-0.2, 0) is 26.6 Å². The first-order chi connectivity index (χ1) is 21.1. The maximum Gasteiger partial charge on any atom is 0.264 e. The molecule has 2 heterocycles. The van der Waals surface area contributed by atoms with Crippen LogP contribution in [0.25, 0.3) is 0 Å². The summed E-state index contributed by atoms with van der Waals surface area (Å²) < 4.78 is 41.7. The molecule has 0 aromatic heterocycles. The van der Waals surface area contributed by atoms with Crippen LogP contribution < -0.4 is 14.4 Å². The number of fused-ring (bicyclic) bond motifs is 4. The molecule has 2 aliphatic carbocycles. The van der Waals surface area contributed by atoms with E-state index in [9.17, 15) is 18.3 Å². The predicted octanol–water partition coefficient (Wildman–Crippen LogP) is 5.40. The summed E-state index contributed by atoms with van der Waals surface area (Å²) in [5.41, 5.74) is 3.34. The van der Waals surface area contributed by atoms with E-state index in [1.54, 1.807) is 32.2 Å². The van der Waals surface area contributed by atoms with Crippen molar-refractivity contribution in [2.45, 2.75) is 81.2 Å². The quantitative estimate of drug-likeness (QED) is 0.432. The number of rotatable bonds is 3. The number of sulfonamides is 1. The maximum atomic E-state index is 13.5. The van der Waals surface area contributed by atoms with Crippen LogP contribution in [0.15, 0.2) is 48.6 Å². The van der Waals surface area contributed by atoms with E-state index in [4.69, 9.17) is 21.1 Å². The number of allylic oxidation sites excluding steroid dienone is 1. The number of aliphatic hydroxyl groups is 1. The molecule has 2 bridgehead atoms. The van der Waals surface area contributed by atoms with Crippen molar-refractivity contribution in [3.63, 3.8) is 0 Å². The summed E-state index contributed by atoms with van der Waals surface area (Å²) in [6.45, 7) is 3.56. The highest BCUT2D eigenvalue weighted by Crippen LogP contribution is 2.47. The number of nitrogens with one attached hydrogen (secondary N) is 1. The van der Waals surface area contributed by atoms with Crippen molar-refractivity contribution in [1.82, 2.24) is 4.72 Å². The molecule has 0 unspecified atom stereocenters. The Bertz CT molecular complexity index is 1530. The summed E-state index contributed by atoms with van der Waals surface area (Å²) in [6.07, 6.45) is 9.09. The van der Waals surface area contributed by atoms with Gasteiger partial charge in [0.1, 0.15) is 5.75 Å². The monoisotopic (exact) mass is 642 g/mol. The molecule has 6 rings (SSSR count). The van der Waals surface area contributed by atoms with E-state index in [-0.39, 0.29) is 29.9 Å². The zero-order chi connectivity index (χ0) is 31.1. The predicted molar refractivity (Wildman–Crippen MR) is 172 cm³/mol. The molecule has 238 valence electrons. The average Bonchev–Trinajstić information content (AvgIpc) is 3.12. The van der Waals surface area contributed by atoms with Crippen LogP contribution in [0.1, 0.15) is 73.4 Å². The molecule has 2 N–H and O–H groups in total. The van der Waals surface area contributed by atoms with Crippen molar-refractivity contribution < 1.29 is 27.8 Å². The Morgan fingerprint density at radius 2 is 2.05 bits per heavy atom. The fourth-order valence-corrected chi connectivity index (χ4v) is 9.47. The smallest absolute Gasteiger partial charge is 0.264 e. The summed E-state index contributed by atoms with van der Waals surface area (Å²) in [5, 5.41) is 9.89. The number of ether oxygens (including phenoxy) is 2. The molecule has 2 aromatic rings. The van der Waals surface area contributed by atoms with Gasteiger partial charge in [0.25, 0.3) is 5.91 Å². The van der Waals surface area contributed by atoms with Gasteiger partial charge in [0.2, 0.25) is 10.0 Å². The average molecular weight is 643 g/mol. The summed E-state index contributed by atoms with van der Waals surface area (Å²) in [7, 11) is -2.32. The third kappa shape index (κ3) is 6.26. The number of aryl methyl sites for hydroxylation is 1. The minimum absolute atomic E-state index is 0.0371. The molecule has 2 aliphatic heterocycles. The summed E-state index contributed by atoms with van der Waals surface area (Å²) in [4.78, 5) is 15.8. The molecule has 0 saturated heterocycles. The van der Waals surface area contributed by atoms with Crippen molar-refractivity contribution >= 4 is 33.2 Å². The molecule has 44 heavy (non-hydrogen) atoms. The van der Waals surface area contributed by atoms with Crippen LogP contribution in [0.5, 0.6) is 5.75 Å².